The van der Waals surface area contributed by atoms with Gasteiger partial charge in [-0.3, -0.25) is 4.79 Å². The summed E-state index contributed by atoms with van der Waals surface area (Å²) in [5.74, 6) is 0.170. The zero-order chi connectivity index (χ0) is 30.6. The molecule has 0 radical (unpaired) electrons. The van der Waals surface area contributed by atoms with Crippen molar-refractivity contribution in [1.29, 1.82) is 0 Å². The molecule has 2 amide bonds. The summed E-state index contributed by atoms with van der Waals surface area (Å²) in [6, 6.07) is 19.1. The maximum atomic E-state index is 13.8. The van der Waals surface area contributed by atoms with Crippen molar-refractivity contribution < 1.29 is 14.7 Å². The van der Waals surface area contributed by atoms with E-state index in [1.165, 1.54) is 0 Å². The summed E-state index contributed by atoms with van der Waals surface area (Å²) >= 11 is 1.60. The molecule has 2 aromatic carbocycles. The Hall–Kier alpha value is -3.07. The lowest BCUT2D eigenvalue weighted by Gasteiger charge is -2.29. The van der Waals surface area contributed by atoms with Crippen LogP contribution in [0, 0.1) is 11.8 Å². The molecule has 3 aromatic rings. The van der Waals surface area contributed by atoms with Crippen molar-refractivity contribution in [2.45, 2.75) is 84.0 Å². The Bertz CT molecular complexity index is 1230. The van der Waals surface area contributed by atoms with Crippen LogP contribution in [0.4, 0.5) is 4.79 Å². The van der Waals surface area contributed by atoms with Crippen LogP contribution in [0.1, 0.15) is 68.3 Å². The molecule has 3 N–H and O–H groups in total. The Kier molecular flexibility index (Phi) is 13.2. The summed E-state index contributed by atoms with van der Waals surface area (Å²) in [4.78, 5) is 33.1. The van der Waals surface area contributed by atoms with Gasteiger partial charge in [-0.1, -0.05) is 88.4 Å². The van der Waals surface area contributed by atoms with Crippen molar-refractivity contribution in [3.05, 3.63) is 87.9 Å². The molecule has 7 nitrogen and oxygen atoms in total. The number of amides is 2. The molecule has 0 aliphatic heterocycles. The van der Waals surface area contributed by atoms with Crippen molar-refractivity contribution in [2.24, 2.45) is 11.8 Å². The molecule has 0 saturated carbocycles. The molecule has 0 saturated heterocycles. The van der Waals surface area contributed by atoms with Gasteiger partial charge in [0.15, 0.2) is 5.78 Å². The fourth-order valence-electron chi connectivity index (χ4n) is 5.24. The Morgan fingerprint density at radius 3 is 2.07 bits per heavy atom. The van der Waals surface area contributed by atoms with Crippen molar-refractivity contribution in [3.63, 3.8) is 0 Å². The number of nitrogens with zero attached hydrogens (tertiary/aromatic N) is 2. The number of aliphatic hydroxyl groups excluding tert-OH is 1. The largest absolute Gasteiger partial charge is 0.391 e. The predicted octanol–water partition coefficient (Wildman–Crippen LogP) is 5.83. The van der Waals surface area contributed by atoms with E-state index in [2.05, 4.69) is 53.7 Å². The summed E-state index contributed by atoms with van der Waals surface area (Å²) in [6.45, 7) is 8.49. The molecular weight excluding hydrogens is 544 g/mol. The number of thiazole rings is 1. The summed E-state index contributed by atoms with van der Waals surface area (Å²) in [6.07, 6.45) is 1.47. The van der Waals surface area contributed by atoms with E-state index in [0.717, 1.165) is 21.8 Å². The third-order valence-corrected chi connectivity index (χ3v) is 8.86. The number of carbonyl (C=O) groups excluding carboxylic acids is 2. The second kappa shape index (κ2) is 16.5. The number of rotatable bonds is 16. The first-order valence-electron chi connectivity index (χ1n) is 15.0. The number of benzene rings is 2. The average Bonchev–Trinajstić information content (AvgIpc) is 3.44. The van der Waals surface area contributed by atoms with Gasteiger partial charge in [0, 0.05) is 30.8 Å². The van der Waals surface area contributed by atoms with Crippen LogP contribution >= 0.6 is 11.3 Å². The van der Waals surface area contributed by atoms with E-state index in [9.17, 15) is 14.7 Å². The van der Waals surface area contributed by atoms with E-state index in [1.807, 2.05) is 62.7 Å². The highest BCUT2D eigenvalue weighted by molar-refractivity contribution is 7.09. The average molecular weight is 593 g/mol. The first-order valence-corrected chi connectivity index (χ1v) is 15.9. The normalized spacial score (nSPS) is 14.4. The van der Waals surface area contributed by atoms with Gasteiger partial charge in [0.05, 0.1) is 29.4 Å². The van der Waals surface area contributed by atoms with Crippen LogP contribution in [0.25, 0.3) is 0 Å². The quantitative estimate of drug-likeness (QED) is 0.195. The van der Waals surface area contributed by atoms with Gasteiger partial charge < -0.3 is 20.6 Å². The van der Waals surface area contributed by atoms with Crippen molar-refractivity contribution in [3.8, 4) is 0 Å². The summed E-state index contributed by atoms with van der Waals surface area (Å²) < 4.78 is 0. The second-order valence-corrected chi connectivity index (χ2v) is 12.9. The van der Waals surface area contributed by atoms with Gasteiger partial charge in [0.1, 0.15) is 0 Å². The first-order chi connectivity index (χ1) is 20.1. The van der Waals surface area contributed by atoms with E-state index in [-0.39, 0.29) is 36.1 Å². The third kappa shape index (κ3) is 10.3. The van der Waals surface area contributed by atoms with Crippen LogP contribution in [0.3, 0.4) is 0 Å². The lowest BCUT2D eigenvalue weighted by atomic mass is 9.84. The highest BCUT2D eigenvalue weighted by atomic mass is 32.1. The lowest BCUT2D eigenvalue weighted by Crippen LogP contribution is -2.49. The number of hydrogen-bond acceptors (Lipinski definition) is 6. The monoisotopic (exact) mass is 592 g/mol. The molecular formula is C34H48N4O3S. The van der Waals surface area contributed by atoms with Crippen LogP contribution in [-0.2, 0) is 24.2 Å². The van der Waals surface area contributed by atoms with Crippen molar-refractivity contribution >= 4 is 23.2 Å². The standard InChI is InChI=1S/C34H48N4O3S/c1-23(2)32(37-34(41)38(6)21-28-22-42-33(36-28)24(3)4)31(40)20-27(17-25-13-9-7-10-14-25)19-30(39)29(35-5)18-26-15-11-8-12-16-26/h7-16,22-24,27,29-30,32,35,39H,17-21H2,1-6H3,(H,37,41)/t27-,29-,30-,32-/m0/s1. The van der Waals surface area contributed by atoms with Crippen molar-refractivity contribution in [1.82, 2.24) is 20.5 Å². The van der Waals surface area contributed by atoms with Gasteiger partial charge >= 0.3 is 6.03 Å². The zero-order valence-electron chi connectivity index (χ0n) is 25.9. The van der Waals surface area contributed by atoms with Crippen molar-refractivity contribution in [2.75, 3.05) is 14.1 Å². The number of nitrogens with one attached hydrogen (secondary N) is 2. The first kappa shape index (κ1) is 33.4. The molecule has 1 aromatic heterocycles. The van der Waals surface area contributed by atoms with Gasteiger partial charge in [0.25, 0.3) is 0 Å². The molecule has 0 aliphatic rings. The molecule has 42 heavy (non-hydrogen) atoms. The van der Waals surface area contributed by atoms with Gasteiger partial charge in [0.2, 0.25) is 0 Å². The van der Waals surface area contributed by atoms with Crippen LogP contribution in [0.15, 0.2) is 66.0 Å². The van der Waals surface area contributed by atoms with Gasteiger partial charge in [-0.2, -0.15) is 0 Å². The minimum absolute atomic E-state index is 0.0142. The fourth-order valence-corrected chi connectivity index (χ4v) is 6.07. The van der Waals surface area contributed by atoms with Gasteiger partial charge in [-0.25, -0.2) is 9.78 Å². The molecule has 8 heteroatoms. The lowest BCUT2D eigenvalue weighted by molar-refractivity contribution is -0.123. The second-order valence-electron chi connectivity index (χ2n) is 12.0. The molecule has 0 fully saturated rings. The molecule has 0 bridgehead atoms. The molecule has 228 valence electrons. The van der Waals surface area contributed by atoms with Crippen LogP contribution in [0.5, 0.6) is 0 Å². The maximum Gasteiger partial charge on any atom is 0.318 e. The number of Topliss-reactive ketones (excluding diaryl/α,β-unsaturated/α-hetero) is 1. The molecule has 3 rings (SSSR count). The molecule has 0 unspecified atom stereocenters. The van der Waals surface area contributed by atoms with Crippen LogP contribution in [0.2, 0.25) is 0 Å². The SMILES string of the molecule is CN[C@@H](Cc1ccccc1)[C@@H](O)C[C@@H](CC(=O)[C@@H](NC(=O)N(C)Cc1csc(C(C)C)n1)C(C)C)Cc1ccccc1. The maximum absolute atomic E-state index is 13.8. The number of carbonyl (C=O) groups is 2. The van der Waals surface area contributed by atoms with E-state index in [0.29, 0.717) is 31.7 Å². The number of likely N-dealkylation sites (N-methyl/N-ethyl adjacent to an activating group) is 1. The molecule has 1 heterocycles. The summed E-state index contributed by atoms with van der Waals surface area (Å²) in [7, 11) is 3.59. The number of aromatic nitrogens is 1. The fraction of sp³-hybridized carbons (Fsp3) is 0.500. The highest BCUT2D eigenvalue weighted by Crippen LogP contribution is 2.24. The van der Waals surface area contributed by atoms with E-state index >= 15 is 0 Å². The summed E-state index contributed by atoms with van der Waals surface area (Å²) in [5.41, 5.74) is 3.12. The Morgan fingerprint density at radius 2 is 1.55 bits per heavy atom. The van der Waals surface area contributed by atoms with E-state index < -0.39 is 12.1 Å². The van der Waals surface area contributed by atoms with Crippen LogP contribution < -0.4 is 10.6 Å². The number of ketones is 1. The highest BCUT2D eigenvalue weighted by Gasteiger charge is 2.30. The Balaban J connectivity index is 1.69. The number of urea groups is 1. The topological polar surface area (TPSA) is 94.6 Å². The molecule has 4 atom stereocenters. The number of aliphatic hydroxyl groups is 1. The minimum atomic E-state index is -0.635. The summed E-state index contributed by atoms with van der Waals surface area (Å²) in [5, 5.41) is 20.6. The minimum Gasteiger partial charge on any atom is -0.391 e. The molecule has 0 aliphatic carbocycles. The number of hydrogen-bond donors (Lipinski definition) is 3. The predicted molar refractivity (Wildman–Crippen MR) is 172 cm³/mol. The zero-order valence-corrected chi connectivity index (χ0v) is 26.7. The third-order valence-electron chi connectivity index (χ3n) is 7.67. The smallest absolute Gasteiger partial charge is 0.318 e. The Labute approximate surface area is 255 Å². The molecule has 0 spiro atoms. The Morgan fingerprint density at radius 1 is 0.952 bits per heavy atom. The van der Waals surface area contributed by atoms with Gasteiger partial charge in [-0.15, -0.1) is 11.3 Å². The van der Waals surface area contributed by atoms with E-state index in [4.69, 9.17) is 0 Å². The van der Waals surface area contributed by atoms with E-state index in [1.54, 1.807) is 23.3 Å². The van der Waals surface area contributed by atoms with Crippen LogP contribution in [-0.4, -0.2) is 59.1 Å². The van der Waals surface area contributed by atoms with Gasteiger partial charge in [-0.05, 0) is 49.3 Å².